The molecule has 1 aromatic heterocycles. The molecule has 3 rings (SSSR count). The summed E-state index contributed by atoms with van der Waals surface area (Å²) in [5.41, 5.74) is -0.400. The molecular weight excluding hydrogens is 242 g/mol. The Kier molecular flexibility index (Phi) is 3.31. The van der Waals surface area contributed by atoms with Crippen LogP contribution in [0.4, 0.5) is 5.82 Å². The molecule has 2 aliphatic rings. The van der Waals surface area contributed by atoms with Crippen LogP contribution >= 0.6 is 0 Å². The van der Waals surface area contributed by atoms with Crippen LogP contribution in [-0.2, 0) is 0 Å². The van der Waals surface area contributed by atoms with E-state index in [1.54, 1.807) is 0 Å². The number of H-pyrrole nitrogens is 1. The van der Waals surface area contributed by atoms with Gasteiger partial charge >= 0.3 is 0 Å². The third kappa shape index (κ3) is 2.81. The molecule has 0 radical (unpaired) electrons. The minimum Gasteiger partial charge on any atom is -0.394 e. The first-order valence-corrected chi connectivity index (χ1v) is 7.21. The monoisotopic (exact) mass is 263 g/mol. The van der Waals surface area contributed by atoms with Gasteiger partial charge in [-0.25, -0.2) is 4.98 Å². The number of nitrogens with one attached hydrogen (secondary N) is 2. The lowest BCUT2D eigenvalue weighted by molar-refractivity contribution is 0.172. The number of aromatic amines is 1. The number of nitrogens with zero attached hydrogens (tertiary/aromatic N) is 1. The van der Waals surface area contributed by atoms with Crippen LogP contribution in [0.5, 0.6) is 0 Å². The molecule has 5 heteroatoms. The number of rotatable bonds is 4. The maximum absolute atomic E-state index is 11.7. The van der Waals surface area contributed by atoms with Crippen LogP contribution in [0.15, 0.2) is 10.9 Å². The smallest absolute Gasteiger partial charge is 0.252 e. The topological polar surface area (TPSA) is 78.0 Å². The molecule has 0 bridgehead atoms. The van der Waals surface area contributed by atoms with E-state index in [2.05, 4.69) is 15.3 Å². The highest BCUT2D eigenvalue weighted by Gasteiger charge is 2.32. The number of aliphatic hydroxyl groups is 1. The van der Waals surface area contributed by atoms with Gasteiger partial charge in [-0.3, -0.25) is 4.79 Å². The Labute approximate surface area is 112 Å². The second-order valence-corrected chi connectivity index (χ2v) is 5.91. The molecule has 1 aromatic rings. The van der Waals surface area contributed by atoms with Crippen molar-refractivity contribution < 1.29 is 5.11 Å². The highest BCUT2D eigenvalue weighted by Crippen LogP contribution is 2.38. The molecule has 0 amide bonds. The molecule has 0 aromatic carbocycles. The Bertz CT molecular complexity index is 502. The molecule has 5 nitrogen and oxygen atoms in total. The third-order valence-corrected chi connectivity index (χ3v) is 4.23. The molecule has 104 valence electrons. The van der Waals surface area contributed by atoms with Gasteiger partial charge in [0.1, 0.15) is 11.6 Å². The summed E-state index contributed by atoms with van der Waals surface area (Å²) < 4.78 is 0. The first-order valence-electron chi connectivity index (χ1n) is 7.21. The lowest BCUT2D eigenvalue weighted by atomic mass is 9.82. The van der Waals surface area contributed by atoms with Crippen LogP contribution in [0.25, 0.3) is 0 Å². The van der Waals surface area contributed by atoms with Gasteiger partial charge in [-0.1, -0.05) is 19.3 Å². The zero-order valence-corrected chi connectivity index (χ0v) is 11.1. The van der Waals surface area contributed by atoms with Gasteiger partial charge in [0.15, 0.2) is 0 Å². The normalized spacial score (nSPS) is 22.2. The fourth-order valence-electron chi connectivity index (χ4n) is 2.91. The first kappa shape index (κ1) is 12.7. The summed E-state index contributed by atoms with van der Waals surface area (Å²) in [6, 6.07) is 1.50. The number of hydrogen-bond donors (Lipinski definition) is 3. The predicted molar refractivity (Wildman–Crippen MR) is 73.4 cm³/mol. The molecule has 19 heavy (non-hydrogen) atoms. The standard InChI is InChI=1S/C14H21N3O2/c18-9-14(6-2-1-3-7-14)17-11-8-12(19)16-13(15-11)10-4-5-10/h8,10,18H,1-7,9H2,(H2,15,16,17,19). The summed E-state index contributed by atoms with van der Waals surface area (Å²) in [7, 11) is 0. The molecule has 2 aliphatic carbocycles. The van der Waals surface area contributed by atoms with E-state index < -0.39 is 0 Å². The van der Waals surface area contributed by atoms with Crippen LogP contribution in [0.2, 0.25) is 0 Å². The van der Waals surface area contributed by atoms with Gasteiger partial charge in [0, 0.05) is 12.0 Å². The molecule has 2 saturated carbocycles. The number of hydrogen-bond acceptors (Lipinski definition) is 4. The highest BCUT2D eigenvalue weighted by molar-refractivity contribution is 5.38. The molecular formula is C14H21N3O2. The van der Waals surface area contributed by atoms with E-state index in [4.69, 9.17) is 0 Å². The Morgan fingerprint density at radius 3 is 2.74 bits per heavy atom. The van der Waals surface area contributed by atoms with Crippen molar-refractivity contribution in [2.75, 3.05) is 11.9 Å². The van der Waals surface area contributed by atoms with E-state index in [0.717, 1.165) is 44.3 Å². The number of aliphatic hydroxyl groups excluding tert-OH is 1. The second kappa shape index (κ2) is 4.96. The molecule has 3 N–H and O–H groups in total. The summed E-state index contributed by atoms with van der Waals surface area (Å²) >= 11 is 0. The third-order valence-electron chi connectivity index (χ3n) is 4.23. The Balaban J connectivity index is 1.83. The van der Waals surface area contributed by atoms with Gasteiger partial charge in [-0.15, -0.1) is 0 Å². The summed E-state index contributed by atoms with van der Waals surface area (Å²) in [4.78, 5) is 19.0. The molecule has 1 heterocycles. The average molecular weight is 263 g/mol. The van der Waals surface area contributed by atoms with Crippen molar-refractivity contribution in [1.29, 1.82) is 0 Å². The molecule has 0 spiro atoms. The van der Waals surface area contributed by atoms with Crippen molar-refractivity contribution in [3.05, 3.63) is 22.2 Å². The maximum atomic E-state index is 11.7. The molecule has 0 saturated heterocycles. The Hall–Kier alpha value is -1.36. The van der Waals surface area contributed by atoms with Gasteiger partial charge in [0.25, 0.3) is 5.56 Å². The van der Waals surface area contributed by atoms with E-state index in [1.807, 2.05) is 0 Å². The lowest BCUT2D eigenvalue weighted by Crippen LogP contribution is -2.44. The summed E-state index contributed by atoms with van der Waals surface area (Å²) in [5.74, 6) is 1.83. The second-order valence-electron chi connectivity index (χ2n) is 5.91. The van der Waals surface area contributed by atoms with Gasteiger partial charge in [0.05, 0.1) is 12.1 Å². The van der Waals surface area contributed by atoms with E-state index in [9.17, 15) is 9.90 Å². The predicted octanol–water partition coefficient (Wildman–Crippen LogP) is 1.75. The fourth-order valence-corrected chi connectivity index (χ4v) is 2.91. The largest absolute Gasteiger partial charge is 0.394 e. The quantitative estimate of drug-likeness (QED) is 0.773. The number of anilines is 1. The van der Waals surface area contributed by atoms with Crippen LogP contribution in [0.3, 0.4) is 0 Å². The van der Waals surface area contributed by atoms with Crippen LogP contribution < -0.4 is 10.9 Å². The van der Waals surface area contributed by atoms with Crippen molar-refractivity contribution in [3.8, 4) is 0 Å². The van der Waals surface area contributed by atoms with E-state index in [-0.39, 0.29) is 17.7 Å². The van der Waals surface area contributed by atoms with Crippen molar-refractivity contribution in [2.24, 2.45) is 0 Å². The summed E-state index contributed by atoms with van der Waals surface area (Å²) in [6.07, 6.45) is 7.56. The summed E-state index contributed by atoms with van der Waals surface area (Å²) in [5, 5.41) is 13.0. The van der Waals surface area contributed by atoms with Crippen molar-refractivity contribution in [1.82, 2.24) is 9.97 Å². The minimum atomic E-state index is -0.292. The van der Waals surface area contributed by atoms with Gasteiger partial charge in [0.2, 0.25) is 0 Å². The van der Waals surface area contributed by atoms with E-state index >= 15 is 0 Å². The van der Waals surface area contributed by atoms with Gasteiger partial charge in [-0.2, -0.15) is 0 Å². The molecule has 0 aliphatic heterocycles. The fraction of sp³-hybridized carbons (Fsp3) is 0.714. The zero-order chi connectivity index (χ0) is 13.3. The Morgan fingerprint density at radius 1 is 1.37 bits per heavy atom. The maximum Gasteiger partial charge on any atom is 0.252 e. The first-order chi connectivity index (χ1) is 9.21. The Morgan fingerprint density at radius 2 is 2.11 bits per heavy atom. The van der Waals surface area contributed by atoms with Crippen LogP contribution in [0, 0.1) is 0 Å². The van der Waals surface area contributed by atoms with Crippen molar-refractivity contribution in [2.45, 2.75) is 56.4 Å². The number of aromatic nitrogens is 2. The molecule has 0 atom stereocenters. The lowest BCUT2D eigenvalue weighted by Gasteiger charge is -2.36. The van der Waals surface area contributed by atoms with E-state index in [1.165, 1.54) is 12.5 Å². The summed E-state index contributed by atoms with van der Waals surface area (Å²) in [6.45, 7) is 0.0975. The minimum absolute atomic E-state index is 0.0975. The van der Waals surface area contributed by atoms with Crippen molar-refractivity contribution >= 4 is 5.82 Å². The van der Waals surface area contributed by atoms with E-state index in [0.29, 0.717) is 11.7 Å². The SMILES string of the molecule is O=c1cc(NC2(CO)CCCCC2)nc(C2CC2)[nH]1. The molecule has 0 unspecified atom stereocenters. The average Bonchev–Trinajstić information content (AvgIpc) is 3.23. The van der Waals surface area contributed by atoms with Gasteiger partial charge in [-0.05, 0) is 25.7 Å². The van der Waals surface area contributed by atoms with Crippen molar-refractivity contribution in [3.63, 3.8) is 0 Å². The van der Waals surface area contributed by atoms with Crippen LogP contribution in [-0.4, -0.2) is 27.2 Å². The zero-order valence-electron chi connectivity index (χ0n) is 11.1. The van der Waals surface area contributed by atoms with Crippen LogP contribution in [0.1, 0.15) is 56.7 Å². The van der Waals surface area contributed by atoms with Gasteiger partial charge < -0.3 is 15.4 Å². The molecule has 2 fully saturated rings. The highest BCUT2D eigenvalue weighted by atomic mass is 16.3.